The molecule has 0 aliphatic heterocycles. The Morgan fingerprint density at radius 3 is 2.58 bits per heavy atom. The zero-order valence-electron chi connectivity index (χ0n) is 10.4. The molecule has 1 heterocycles. The molecule has 0 aliphatic carbocycles. The molecule has 0 unspecified atom stereocenters. The molecule has 0 radical (unpaired) electrons. The Labute approximate surface area is 110 Å². The van der Waals surface area contributed by atoms with Crippen LogP contribution in [-0.2, 0) is 13.1 Å². The van der Waals surface area contributed by atoms with Crippen LogP contribution in [0.15, 0.2) is 48.5 Å². The van der Waals surface area contributed by atoms with Gasteiger partial charge in [-0.05, 0) is 12.1 Å². The van der Waals surface area contributed by atoms with Gasteiger partial charge < -0.3 is 5.73 Å². The minimum absolute atomic E-state index is 0.212. The lowest BCUT2D eigenvalue weighted by Gasteiger charge is -2.04. The van der Waals surface area contributed by atoms with Crippen LogP contribution in [0.4, 0.5) is 4.39 Å². The average Bonchev–Trinajstić information content (AvgIpc) is 2.80. The molecule has 0 saturated carbocycles. The minimum atomic E-state index is -0.212. The molecule has 3 aromatic rings. The van der Waals surface area contributed by atoms with Crippen LogP contribution in [0, 0.1) is 5.82 Å². The van der Waals surface area contributed by atoms with Gasteiger partial charge in [0.2, 0.25) is 0 Å². The van der Waals surface area contributed by atoms with E-state index in [1.807, 2.05) is 30.3 Å². The molecule has 1 aromatic heterocycles. The SMILES string of the molecule is NCc1nn(Cc2ccccc2F)c2ccccc12. The Bertz CT molecular complexity index is 718. The summed E-state index contributed by atoms with van der Waals surface area (Å²) in [4.78, 5) is 0. The van der Waals surface area contributed by atoms with Gasteiger partial charge in [-0.1, -0.05) is 36.4 Å². The summed E-state index contributed by atoms with van der Waals surface area (Å²) in [6, 6.07) is 14.6. The van der Waals surface area contributed by atoms with Crippen molar-refractivity contribution < 1.29 is 4.39 Å². The summed E-state index contributed by atoms with van der Waals surface area (Å²) in [6.45, 7) is 0.790. The monoisotopic (exact) mass is 255 g/mol. The second-order valence-electron chi connectivity index (χ2n) is 4.42. The fraction of sp³-hybridized carbons (Fsp3) is 0.133. The Morgan fingerprint density at radius 1 is 1.05 bits per heavy atom. The van der Waals surface area contributed by atoms with Crippen LogP contribution in [0.25, 0.3) is 10.9 Å². The molecular formula is C15H14FN3. The van der Waals surface area contributed by atoms with Crippen molar-refractivity contribution >= 4 is 10.9 Å². The number of para-hydroxylation sites is 1. The van der Waals surface area contributed by atoms with Crippen LogP contribution >= 0.6 is 0 Å². The van der Waals surface area contributed by atoms with Crippen molar-refractivity contribution in [3.05, 3.63) is 65.6 Å². The molecule has 96 valence electrons. The maximum Gasteiger partial charge on any atom is 0.128 e. The molecule has 0 amide bonds. The van der Waals surface area contributed by atoms with E-state index >= 15 is 0 Å². The van der Waals surface area contributed by atoms with E-state index in [0.717, 1.165) is 16.6 Å². The van der Waals surface area contributed by atoms with Gasteiger partial charge >= 0.3 is 0 Å². The molecule has 0 bridgehead atoms. The molecule has 3 rings (SSSR count). The van der Waals surface area contributed by atoms with Crippen LogP contribution in [0.1, 0.15) is 11.3 Å². The first-order valence-electron chi connectivity index (χ1n) is 6.17. The van der Waals surface area contributed by atoms with Gasteiger partial charge in [-0.2, -0.15) is 5.10 Å². The van der Waals surface area contributed by atoms with E-state index in [9.17, 15) is 4.39 Å². The van der Waals surface area contributed by atoms with E-state index in [1.165, 1.54) is 6.07 Å². The average molecular weight is 255 g/mol. The molecule has 0 spiro atoms. The smallest absolute Gasteiger partial charge is 0.128 e. The molecule has 19 heavy (non-hydrogen) atoms. The van der Waals surface area contributed by atoms with E-state index in [0.29, 0.717) is 18.7 Å². The van der Waals surface area contributed by atoms with Crippen molar-refractivity contribution in [2.75, 3.05) is 0 Å². The first-order chi connectivity index (χ1) is 9.29. The normalized spacial score (nSPS) is 11.1. The van der Waals surface area contributed by atoms with E-state index in [1.54, 1.807) is 16.8 Å². The van der Waals surface area contributed by atoms with Crippen molar-refractivity contribution in [1.82, 2.24) is 9.78 Å². The first kappa shape index (κ1) is 11.9. The summed E-state index contributed by atoms with van der Waals surface area (Å²) in [5.74, 6) is -0.212. The van der Waals surface area contributed by atoms with Crippen LogP contribution in [-0.4, -0.2) is 9.78 Å². The molecule has 0 atom stereocenters. The standard InChI is InChI=1S/C15H14FN3/c16-13-7-3-1-5-11(13)10-19-15-8-4-2-6-12(15)14(9-17)18-19/h1-8H,9-10,17H2. The summed E-state index contributed by atoms with van der Waals surface area (Å²) in [7, 11) is 0. The first-order valence-corrected chi connectivity index (χ1v) is 6.17. The number of benzene rings is 2. The van der Waals surface area contributed by atoms with Gasteiger partial charge in [-0.3, -0.25) is 4.68 Å². The van der Waals surface area contributed by atoms with Gasteiger partial charge in [-0.15, -0.1) is 0 Å². The fourth-order valence-electron chi connectivity index (χ4n) is 2.26. The van der Waals surface area contributed by atoms with Crippen LogP contribution in [0.2, 0.25) is 0 Å². The third-order valence-electron chi connectivity index (χ3n) is 3.21. The number of hydrogen-bond donors (Lipinski definition) is 1. The predicted molar refractivity (Wildman–Crippen MR) is 73.1 cm³/mol. The number of nitrogens with two attached hydrogens (primary N) is 1. The summed E-state index contributed by atoms with van der Waals surface area (Å²) in [5, 5.41) is 5.50. The summed E-state index contributed by atoms with van der Waals surface area (Å²) in [6.07, 6.45) is 0. The zero-order chi connectivity index (χ0) is 13.2. The van der Waals surface area contributed by atoms with Crippen LogP contribution in [0.3, 0.4) is 0 Å². The lowest BCUT2D eigenvalue weighted by molar-refractivity contribution is 0.588. The minimum Gasteiger partial charge on any atom is -0.325 e. The van der Waals surface area contributed by atoms with Crippen molar-refractivity contribution in [2.45, 2.75) is 13.1 Å². The quantitative estimate of drug-likeness (QED) is 0.782. The third kappa shape index (κ3) is 2.11. The summed E-state index contributed by atoms with van der Waals surface area (Å²) < 4.78 is 15.5. The number of hydrogen-bond acceptors (Lipinski definition) is 2. The van der Waals surface area contributed by atoms with Crippen molar-refractivity contribution in [3.8, 4) is 0 Å². The van der Waals surface area contributed by atoms with E-state index in [4.69, 9.17) is 5.73 Å². The fourth-order valence-corrected chi connectivity index (χ4v) is 2.26. The topological polar surface area (TPSA) is 43.8 Å². The second kappa shape index (κ2) is 4.82. The number of halogens is 1. The Balaban J connectivity index is 2.09. The number of aromatic nitrogens is 2. The molecule has 0 fully saturated rings. The Kier molecular flexibility index (Phi) is 3.01. The Hall–Kier alpha value is -2.20. The summed E-state index contributed by atoms with van der Waals surface area (Å²) >= 11 is 0. The molecule has 0 saturated heterocycles. The maximum absolute atomic E-state index is 13.7. The molecule has 2 aromatic carbocycles. The van der Waals surface area contributed by atoms with Crippen molar-refractivity contribution in [2.24, 2.45) is 5.73 Å². The highest BCUT2D eigenvalue weighted by molar-refractivity contribution is 5.82. The highest BCUT2D eigenvalue weighted by atomic mass is 19.1. The van der Waals surface area contributed by atoms with E-state index in [2.05, 4.69) is 5.10 Å². The van der Waals surface area contributed by atoms with Gasteiger partial charge in [0.05, 0.1) is 17.8 Å². The van der Waals surface area contributed by atoms with Crippen molar-refractivity contribution in [3.63, 3.8) is 0 Å². The lowest BCUT2D eigenvalue weighted by atomic mass is 10.2. The van der Waals surface area contributed by atoms with Gasteiger partial charge in [0, 0.05) is 17.5 Å². The van der Waals surface area contributed by atoms with Gasteiger partial charge in [0.15, 0.2) is 0 Å². The van der Waals surface area contributed by atoms with Crippen LogP contribution < -0.4 is 5.73 Å². The second-order valence-corrected chi connectivity index (χ2v) is 4.42. The number of fused-ring (bicyclic) bond motifs is 1. The summed E-state index contributed by atoms with van der Waals surface area (Å²) in [5.41, 5.74) is 8.14. The van der Waals surface area contributed by atoms with E-state index < -0.39 is 0 Å². The predicted octanol–water partition coefficient (Wildman–Crippen LogP) is 2.68. The number of nitrogens with zero attached hydrogens (tertiary/aromatic N) is 2. The Morgan fingerprint density at radius 2 is 1.79 bits per heavy atom. The van der Waals surface area contributed by atoms with Crippen molar-refractivity contribution in [1.29, 1.82) is 0 Å². The van der Waals surface area contributed by atoms with Gasteiger partial charge in [0.25, 0.3) is 0 Å². The maximum atomic E-state index is 13.7. The molecule has 2 N–H and O–H groups in total. The molecule has 3 nitrogen and oxygen atoms in total. The highest BCUT2D eigenvalue weighted by Crippen LogP contribution is 2.19. The molecule has 4 heteroatoms. The van der Waals surface area contributed by atoms with Gasteiger partial charge in [-0.25, -0.2) is 4.39 Å². The highest BCUT2D eigenvalue weighted by Gasteiger charge is 2.10. The third-order valence-corrected chi connectivity index (χ3v) is 3.21. The van der Waals surface area contributed by atoms with Crippen LogP contribution in [0.5, 0.6) is 0 Å². The van der Waals surface area contributed by atoms with Gasteiger partial charge in [0.1, 0.15) is 5.82 Å². The van der Waals surface area contributed by atoms with E-state index in [-0.39, 0.29) is 5.82 Å². The molecule has 0 aliphatic rings. The largest absolute Gasteiger partial charge is 0.325 e. The molecular weight excluding hydrogens is 241 g/mol. The number of rotatable bonds is 3. The lowest BCUT2D eigenvalue weighted by Crippen LogP contribution is -2.05. The zero-order valence-corrected chi connectivity index (χ0v) is 10.4.